The van der Waals surface area contributed by atoms with Gasteiger partial charge in [0.2, 0.25) is 0 Å². The van der Waals surface area contributed by atoms with E-state index in [4.69, 9.17) is 0 Å². The van der Waals surface area contributed by atoms with Crippen molar-refractivity contribution >= 4 is 27.3 Å². The van der Waals surface area contributed by atoms with Crippen LogP contribution in [0.25, 0.3) is 0 Å². The molecular formula is C15H18BrNS. The Labute approximate surface area is 121 Å². The topological polar surface area (TPSA) is 12.0 Å². The molecule has 1 heterocycles. The maximum Gasteiger partial charge on any atom is 0.0674 e. The van der Waals surface area contributed by atoms with Crippen molar-refractivity contribution in [2.45, 2.75) is 26.8 Å². The van der Waals surface area contributed by atoms with E-state index in [1.54, 1.807) is 0 Å². The van der Waals surface area contributed by atoms with Crippen LogP contribution in [0.4, 0.5) is 0 Å². The van der Waals surface area contributed by atoms with Gasteiger partial charge in [0.1, 0.15) is 0 Å². The number of hydrogen-bond acceptors (Lipinski definition) is 2. The summed E-state index contributed by atoms with van der Waals surface area (Å²) in [6.45, 7) is 7.45. The molecule has 0 spiro atoms. The van der Waals surface area contributed by atoms with Gasteiger partial charge in [-0.3, -0.25) is 0 Å². The fraction of sp³-hybridized carbons (Fsp3) is 0.333. The standard InChI is InChI=1S/C15H18BrNS/c1-4-17-15(14-9-8-10(2)18-14)12-6-5-7-13(16)11(12)3/h5-9,15,17H,4H2,1-3H3. The summed E-state index contributed by atoms with van der Waals surface area (Å²) in [6, 6.07) is 11.1. The van der Waals surface area contributed by atoms with Gasteiger partial charge < -0.3 is 5.32 Å². The van der Waals surface area contributed by atoms with Crippen LogP contribution in [0, 0.1) is 13.8 Å². The summed E-state index contributed by atoms with van der Waals surface area (Å²) >= 11 is 5.49. The highest BCUT2D eigenvalue weighted by molar-refractivity contribution is 9.10. The Morgan fingerprint density at radius 2 is 2.00 bits per heavy atom. The van der Waals surface area contributed by atoms with Gasteiger partial charge in [-0.15, -0.1) is 11.3 Å². The van der Waals surface area contributed by atoms with E-state index in [-0.39, 0.29) is 0 Å². The van der Waals surface area contributed by atoms with Crippen molar-refractivity contribution in [1.82, 2.24) is 5.32 Å². The maximum absolute atomic E-state index is 3.62. The van der Waals surface area contributed by atoms with Gasteiger partial charge in [-0.1, -0.05) is 35.0 Å². The molecule has 1 aromatic heterocycles. The van der Waals surface area contributed by atoms with Crippen LogP contribution < -0.4 is 5.32 Å². The largest absolute Gasteiger partial charge is 0.306 e. The Morgan fingerprint density at radius 3 is 2.61 bits per heavy atom. The van der Waals surface area contributed by atoms with E-state index in [1.165, 1.54) is 25.4 Å². The summed E-state index contributed by atoms with van der Waals surface area (Å²) in [7, 11) is 0. The summed E-state index contributed by atoms with van der Waals surface area (Å²) in [5, 5.41) is 3.59. The lowest BCUT2D eigenvalue weighted by atomic mass is 10.00. The van der Waals surface area contributed by atoms with Crippen LogP contribution in [0.15, 0.2) is 34.8 Å². The molecule has 2 rings (SSSR count). The molecule has 0 aliphatic carbocycles. The first-order valence-electron chi connectivity index (χ1n) is 6.18. The number of hydrogen-bond donors (Lipinski definition) is 1. The second-order valence-electron chi connectivity index (χ2n) is 4.39. The first kappa shape index (κ1) is 13.8. The van der Waals surface area contributed by atoms with E-state index in [1.807, 2.05) is 11.3 Å². The van der Waals surface area contributed by atoms with Gasteiger partial charge in [-0.25, -0.2) is 0 Å². The van der Waals surface area contributed by atoms with Gasteiger partial charge >= 0.3 is 0 Å². The third-order valence-electron chi connectivity index (χ3n) is 3.07. The predicted octanol–water partition coefficient (Wildman–Crippen LogP) is 4.83. The lowest BCUT2D eigenvalue weighted by Gasteiger charge is -2.20. The van der Waals surface area contributed by atoms with Crippen LogP contribution in [-0.2, 0) is 0 Å². The van der Waals surface area contributed by atoms with Crippen LogP contribution in [0.1, 0.15) is 33.8 Å². The summed E-state index contributed by atoms with van der Waals surface area (Å²) in [4.78, 5) is 2.75. The van der Waals surface area contributed by atoms with Crippen LogP contribution in [-0.4, -0.2) is 6.54 Å². The molecule has 0 saturated heterocycles. The molecule has 1 nitrogen and oxygen atoms in total. The highest BCUT2D eigenvalue weighted by Crippen LogP contribution is 2.32. The molecule has 0 bridgehead atoms. The van der Waals surface area contributed by atoms with Crippen LogP contribution in [0.3, 0.4) is 0 Å². The smallest absolute Gasteiger partial charge is 0.0674 e. The molecule has 1 N–H and O–H groups in total. The normalized spacial score (nSPS) is 12.7. The maximum atomic E-state index is 3.62. The Hall–Kier alpha value is -0.640. The first-order chi connectivity index (χ1) is 8.63. The molecule has 3 heteroatoms. The predicted molar refractivity (Wildman–Crippen MR) is 83.5 cm³/mol. The molecule has 2 aromatic rings. The van der Waals surface area contributed by atoms with Gasteiger partial charge in [-0.05, 0) is 49.7 Å². The molecule has 96 valence electrons. The second kappa shape index (κ2) is 6.00. The average Bonchev–Trinajstić information content (AvgIpc) is 2.77. The van der Waals surface area contributed by atoms with E-state index in [0.717, 1.165) is 6.54 Å². The van der Waals surface area contributed by atoms with Crippen LogP contribution >= 0.6 is 27.3 Å². The van der Waals surface area contributed by atoms with E-state index in [2.05, 4.69) is 72.3 Å². The number of aryl methyl sites for hydroxylation is 1. The van der Waals surface area contributed by atoms with Gasteiger partial charge in [0.25, 0.3) is 0 Å². The summed E-state index contributed by atoms with van der Waals surface area (Å²) < 4.78 is 1.18. The fourth-order valence-corrected chi connectivity index (χ4v) is 3.47. The minimum absolute atomic E-state index is 0.297. The van der Waals surface area contributed by atoms with Gasteiger partial charge in [0.05, 0.1) is 6.04 Å². The van der Waals surface area contributed by atoms with Crippen LogP contribution in [0.5, 0.6) is 0 Å². The zero-order chi connectivity index (χ0) is 13.1. The van der Waals surface area contributed by atoms with Crippen molar-refractivity contribution in [2.24, 2.45) is 0 Å². The molecule has 0 amide bonds. The third kappa shape index (κ3) is 2.85. The number of nitrogens with one attached hydrogen (secondary N) is 1. The molecular weight excluding hydrogens is 306 g/mol. The van der Waals surface area contributed by atoms with Gasteiger partial charge in [0.15, 0.2) is 0 Å². The number of benzene rings is 1. The molecule has 0 fully saturated rings. The first-order valence-corrected chi connectivity index (χ1v) is 7.79. The lowest BCUT2D eigenvalue weighted by Crippen LogP contribution is -2.22. The van der Waals surface area contributed by atoms with E-state index < -0.39 is 0 Å². The summed E-state index contributed by atoms with van der Waals surface area (Å²) in [6.07, 6.45) is 0. The monoisotopic (exact) mass is 323 g/mol. The van der Waals surface area contributed by atoms with Gasteiger partial charge in [-0.2, -0.15) is 0 Å². The fourth-order valence-electron chi connectivity index (χ4n) is 2.11. The highest BCUT2D eigenvalue weighted by Gasteiger charge is 2.17. The van der Waals surface area contributed by atoms with Crippen molar-refractivity contribution in [1.29, 1.82) is 0 Å². The molecule has 18 heavy (non-hydrogen) atoms. The van der Waals surface area contributed by atoms with Crippen molar-refractivity contribution < 1.29 is 0 Å². The lowest BCUT2D eigenvalue weighted by molar-refractivity contribution is 0.636. The Bertz CT molecular complexity index is 533. The van der Waals surface area contributed by atoms with Crippen LogP contribution in [0.2, 0.25) is 0 Å². The zero-order valence-electron chi connectivity index (χ0n) is 11.0. The Balaban J connectivity index is 2.44. The number of rotatable bonds is 4. The quantitative estimate of drug-likeness (QED) is 0.850. The third-order valence-corrected chi connectivity index (χ3v) is 5.00. The molecule has 0 aliphatic heterocycles. The molecule has 0 saturated carbocycles. The van der Waals surface area contributed by atoms with Crippen molar-refractivity contribution in [3.8, 4) is 0 Å². The minimum Gasteiger partial charge on any atom is -0.306 e. The highest BCUT2D eigenvalue weighted by atomic mass is 79.9. The minimum atomic E-state index is 0.297. The summed E-state index contributed by atoms with van der Waals surface area (Å²) in [5.74, 6) is 0. The van der Waals surface area contributed by atoms with Gasteiger partial charge in [0, 0.05) is 14.2 Å². The van der Waals surface area contributed by atoms with Crippen molar-refractivity contribution in [3.05, 3.63) is 55.7 Å². The van der Waals surface area contributed by atoms with Crippen molar-refractivity contribution in [3.63, 3.8) is 0 Å². The molecule has 1 unspecified atom stereocenters. The molecule has 0 aliphatic rings. The Morgan fingerprint density at radius 1 is 1.22 bits per heavy atom. The number of thiophene rings is 1. The van der Waals surface area contributed by atoms with E-state index in [0.29, 0.717) is 6.04 Å². The zero-order valence-corrected chi connectivity index (χ0v) is 13.4. The second-order valence-corrected chi connectivity index (χ2v) is 6.57. The average molecular weight is 324 g/mol. The SMILES string of the molecule is CCNC(c1ccc(C)s1)c1cccc(Br)c1C. The summed E-state index contributed by atoms with van der Waals surface area (Å²) in [5.41, 5.74) is 2.67. The van der Waals surface area contributed by atoms with E-state index in [9.17, 15) is 0 Å². The molecule has 0 radical (unpaired) electrons. The molecule has 1 atom stereocenters. The van der Waals surface area contributed by atoms with Crippen molar-refractivity contribution in [2.75, 3.05) is 6.54 Å². The number of halogens is 1. The molecule has 1 aromatic carbocycles. The van der Waals surface area contributed by atoms with E-state index >= 15 is 0 Å². The Kier molecular flexibility index (Phi) is 4.60.